The Labute approximate surface area is 106 Å². The van der Waals surface area contributed by atoms with E-state index in [4.69, 9.17) is 11.6 Å². The summed E-state index contributed by atoms with van der Waals surface area (Å²) in [7, 11) is 0. The van der Waals surface area contributed by atoms with Crippen molar-refractivity contribution in [2.75, 3.05) is 0 Å². The van der Waals surface area contributed by atoms with E-state index in [9.17, 15) is 0 Å². The van der Waals surface area contributed by atoms with E-state index in [2.05, 4.69) is 37.5 Å². The number of aromatic nitrogens is 3. The third kappa shape index (κ3) is 2.43. The number of hydrogen-bond acceptors (Lipinski definition) is 3. The van der Waals surface area contributed by atoms with Crippen molar-refractivity contribution >= 4 is 34.2 Å². The average Bonchev–Trinajstić information content (AvgIpc) is 2.22. The van der Waals surface area contributed by atoms with E-state index in [1.165, 1.54) is 0 Å². The molecular formula is C10H7ClIN3. The quantitative estimate of drug-likeness (QED) is 0.595. The molecule has 2 aromatic rings. The maximum absolute atomic E-state index is 5.92. The number of aryl methyl sites for hydroxylation is 1. The molecule has 0 aliphatic carbocycles. The van der Waals surface area contributed by atoms with Gasteiger partial charge >= 0.3 is 0 Å². The number of rotatable bonds is 1. The molecule has 0 aromatic carbocycles. The van der Waals surface area contributed by atoms with Gasteiger partial charge in [-0.05, 0) is 41.6 Å². The highest BCUT2D eigenvalue weighted by Crippen LogP contribution is 2.18. The van der Waals surface area contributed by atoms with Crippen LogP contribution < -0.4 is 0 Å². The van der Waals surface area contributed by atoms with Crippen LogP contribution in [-0.2, 0) is 0 Å². The summed E-state index contributed by atoms with van der Waals surface area (Å²) in [4.78, 5) is 12.7. The van der Waals surface area contributed by atoms with E-state index in [1.807, 2.05) is 25.1 Å². The van der Waals surface area contributed by atoms with Crippen molar-refractivity contribution in [2.24, 2.45) is 0 Å². The van der Waals surface area contributed by atoms with Crippen LogP contribution in [0.5, 0.6) is 0 Å². The van der Waals surface area contributed by atoms with Gasteiger partial charge in [0.2, 0.25) is 0 Å². The minimum Gasteiger partial charge on any atom is -0.250 e. The second kappa shape index (κ2) is 4.40. The molecule has 0 saturated heterocycles. The molecule has 0 N–H and O–H groups in total. The maximum atomic E-state index is 5.92. The summed E-state index contributed by atoms with van der Waals surface area (Å²) in [5.74, 6) is 0.559. The van der Waals surface area contributed by atoms with Crippen LogP contribution in [0.2, 0.25) is 5.15 Å². The Balaban J connectivity index is 2.50. The second-order valence-corrected chi connectivity index (χ2v) is 4.52. The Kier molecular flexibility index (Phi) is 3.16. The van der Waals surface area contributed by atoms with Gasteiger partial charge in [0.15, 0.2) is 5.82 Å². The number of nitrogens with zero attached hydrogens (tertiary/aromatic N) is 3. The highest BCUT2D eigenvalue weighted by Gasteiger charge is 2.05. The van der Waals surface area contributed by atoms with Gasteiger partial charge in [0.05, 0.1) is 3.57 Å². The molecule has 0 saturated carbocycles. The summed E-state index contributed by atoms with van der Waals surface area (Å²) < 4.78 is 0.839. The molecule has 0 atom stereocenters. The van der Waals surface area contributed by atoms with Crippen molar-refractivity contribution in [1.29, 1.82) is 0 Å². The van der Waals surface area contributed by atoms with E-state index >= 15 is 0 Å². The van der Waals surface area contributed by atoms with Crippen molar-refractivity contribution < 1.29 is 0 Å². The van der Waals surface area contributed by atoms with Crippen LogP contribution in [0.1, 0.15) is 5.69 Å². The van der Waals surface area contributed by atoms with Gasteiger partial charge < -0.3 is 0 Å². The van der Waals surface area contributed by atoms with Gasteiger partial charge in [0, 0.05) is 11.9 Å². The fourth-order valence-electron chi connectivity index (χ4n) is 1.14. The van der Waals surface area contributed by atoms with Crippen LogP contribution in [-0.4, -0.2) is 15.0 Å². The second-order valence-electron chi connectivity index (χ2n) is 3.00. The largest absolute Gasteiger partial charge is 0.250 e. The molecule has 0 aliphatic rings. The number of halogens is 2. The van der Waals surface area contributed by atoms with E-state index in [0.717, 1.165) is 15.0 Å². The number of pyridine rings is 1. The van der Waals surface area contributed by atoms with Crippen molar-refractivity contribution in [3.05, 3.63) is 38.8 Å². The van der Waals surface area contributed by atoms with E-state index in [0.29, 0.717) is 11.0 Å². The van der Waals surface area contributed by atoms with Crippen molar-refractivity contribution in [3.8, 4) is 11.5 Å². The normalized spacial score (nSPS) is 10.3. The van der Waals surface area contributed by atoms with Gasteiger partial charge in [-0.15, -0.1) is 0 Å². The molecule has 2 rings (SSSR count). The fraction of sp³-hybridized carbons (Fsp3) is 0.100. The van der Waals surface area contributed by atoms with Gasteiger partial charge in [-0.2, -0.15) is 0 Å². The molecule has 0 radical (unpaired) electrons. The van der Waals surface area contributed by atoms with Crippen LogP contribution in [0.3, 0.4) is 0 Å². The zero-order chi connectivity index (χ0) is 10.8. The summed E-state index contributed by atoms with van der Waals surface area (Å²) in [6.45, 7) is 1.93. The fourth-order valence-corrected chi connectivity index (χ4v) is 1.53. The first-order valence-corrected chi connectivity index (χ1v) is 5.74. The minimum absolute atomic E-state index is 0.462. The molecule has 0 bridgehead atoms. The Hall–Kier alpha value is -0.750. The van der Waals surface area contributed by atoms with Gasteiger partial charge in [0.25, 0.3) is 0 Å². The van der Waals surface area contributed by atoms with Crippen molar-refractivity contribution in [3.63, 3.8) is 0 Å². The summed E-state index contributed by atoms with van der Waals surface area (Å²) in [5, 5.41) is 0.462. The van der Waals surface area contributed by atoms with Gasteiger partial charge in [-0.3, -0.25) is 0 Å². The maximum Gasteiger partial charge on any atom is 0.179 e. The van der Waals surface area contributed by atoms with Gasteiger partial charge in [-0.1, -0.05) is 17.7 Å². The Bertz CT molecular complexity index is 502. The van der Waals surface area contributed by atoms with E-state index < -0.39 is 0 Å². The molecule has 76 valence electrons. The van der Waals surface area contributed by atoms with Crippen LogP contribution in [0.15, 0.2) is 24.4 Å². The molecule has 2 aromatic heterocycles. The van der Waals surface area contributed by atoms with Crippen LogP contribution >= 0.6 is 34.2 Å². The Morgan fingerprint density at radius 2 is 2.07 bits per heavy atom. The molecule has 0 spiro atoms. The minimum atomic E-state index is 0.462. The standard InChI is InChI=1S/C10H7ClIN3/c1-6-3-2-4-8(14-6)10-13-5-7(12)9(11)15-10/h2-5H,1H3. The SMILES string of the molecule is Cc1cccc(-c2ncc(I)c(Cl)n2)n1. The van der Waals surface area contributed by atoms with Crippen molar-refractivity contribution in [1.82, 2.24) is 15.0 Å². The molecule has 0 fully saturated rings. The predicted molar refractivity (Wildman–Crippen MR) is 67.7 cm³/mol. The Morgan fingerprint density at radius 3 is 2.73 bits per heavy atom. The highest BCUT2D eigenvalue weighted by atomic mass is 127. The number of hydrogen-bond donors (Lipinski definition) is 0. The van der Waals surface area contributed by atoms with Gasteiger partial charge in [-0.25, -0.2) is 15.0 Å². The lowest BCUT2D eigenvalue weighted by atomic mass is 10.3. The summed E-state index contributed by atoms with van der Waals surface area (Å²) >= 11 is 8.01. The lowest BCUT2D eigenvalue weighted by Crippen LogP contribution is -1.94. The first kappa shape index (κ1) is 10.8. The lowest BCUT2D eigenvalue weighted by molar-refractivity contribution is 1.10. The van der Waals surface area contributed by atoms with E-state index in [1.54, 1.807) is 6.20 Å². The third-order valence-corrected chi connectivity index (χ3v) is 3.22. The first-order valence-electron chi connectivity index (χ1n) is 4.29. The predicted octanol–water partition coefficient (Wildman–Crippen LogP) is 3.11. The first-order chi connectivity index (χ1) is 7.16. The van der Waals surface area contributed by atoms with E-state index in [-0.39, 0.29) is 0 Å². The summed E-state index contributed by atoms with van der Waals surface area (Å²) in [5.41, 5.74) is 1.68. The zero-order valence-electron chi connectivity index (χ0n) is 7.91. The molecule has 0 amide bonds. The molecule has 3 nitrogen and oxygen atoms in total. The van der Waals surface area contributed by atoms with Crippen LogP contribution in [0, 0.1) is 10.5 Å². The lowest BCUT2D eigenvalue weighted by Gasteiger charge is -2.01. The smallest absolute Gasteiger partial charge is 0.179 e. The summed E-state index contributed by atoms with van der Waals surface area (Å²) in [6, 6.07) is 5.72. The van der Waals surface area contributed by atoms with Gasteiger partial charge in [0.1, 0.15) is 10.8 Å². The molecular weight excluding hydrogens is 324 g/mol. The van der Waals surface area contributed by atoms with Crippen LogP contribution in [0.4, 0.5) is 0 Å². The zero-order valence-corrected chi connectivity index (χ0v) is 10.8. The molecule has 0 aliphatic heterocycles. The molecule has 15 heavy (non-hydrogen) atoms. The Morgan fingerprint density at radius 1 is 1.27 bits per heavy atom. The topological polar surface area (TPSA) is 38.7 Å². The summed E-state index contributed by atoms with van der Waals surface area (Å²) in [6.07, 6.45) is 1.69. The van der Waals surface area contributed by atoms with Crippen LogP contribution in [0.25, 0.3) is 11.5 Å². The third-order valence-electron chi connectivity index (χ3n) is 1.82. The molecule has 5 heteroatoms. The molecule has 2 heterocycles. The molecule has 0 unspecified atom stereocenters. The average molecular weight is 332 g/mol. The highest BCUT2D eigenvalue weighted by molar-refractivity contribution is 14.1. The van der Waals surface area contributed by atoms with Crippen molar-refractivity contribution in [2.45, 2.75) is 6.92 Å². The monoisotopic (exact) mass is 331 g/mol.